The van der Waals surface area contributed by atoms with Crippen LogP contribution in [0.3, 0.4) is 0 Å². The van der Waals surface area contributed by atoms with Gasteiger partial charge < -0.3 is 0 Å². The Morgan fingerprint density at radius 2 is 2.05 bits per heavy atom. The molecule has 102 valence electrons. The van der Waals surface area contributed by atoms with Crippen molar-refractivity contribution in [3.8, 4) is 11.4 Å². The Morgan fingerprint density at radius 3 is 2.75 bits per heavy atom. The summed E-state index contributed by atoms with van der Waals surface area (Å²) >= 11 is 7.97. The summed E-state index contributed by atoms with van der Waals surface area (Å²) < 4.78 is 1.13. The van der Waals surface area contributed by atoms with Crippen molar-refractivity contribution in [3.63, 3.8) is 0 Å². The lowest BCUT2D eigenvalue weighted by Gasteiger charge is -2.12. The molecule has 3 rings (SSSR count). The number of rotatable bonds is 2. The quantitative estimate of drug-likeness (QED) is 0.636. The molecule has 0 fully saturated rings. The first-order valence-electron chi connectivity index (χ1n) is 6.44. The maximum Gasteiger partial charge on any atom is 0.162 e. The molecule has 3 heterocycles. The normalized spacial score (nSPS) is 11.4. The van der Waals surface area contributed by atoms with E-state index in [2.05, 4.69) is 34.9 Å². The van der Waals surface area contributed by atoms with Crippen molar-refractivity contribution in [1.29, 1.82) is 0 Å². The highest BCUT2D eigenvalue weighted by Crippen LogP contribution is 2.29. The lowest BCUT2D eigenvalue weighted by Crippen LogP contribution is -2.02. The van der Waals surface area contributed by atoms with E-state index in [4.69, 9.17) is 11.6 Å². The van der Waals surface area contributed by atoms with Crippen LogP contribution in [-0.4, -0.2) is 15.0 Å². The van der Waals surface area contributed by atoms with Gasteiger partial charge in [-0.2, -0.15) is 0 Å². The Bertz CT molecular complexity index is 757. The molecule has 0 saturated heterocycles. The summed E-state index contributed by atoms with van der Waals surface area (Å²) in [7, 11) is 0. The van der Waals surface area contributed by atoms with Gasteiger partial charge in [-0.3, -0.25) is 4.98 Å². The number of aryl methyl sites for hydroxylation is 1. The molecule has 0 aromatic carbocycles. The summed E-state index contributed by atoms with van der Waals surface area (Å²) in [5.41, 5.74) is 3.85. The number of nitrogens with zero attached hydrogens (tertiary/aromatic N) is 3. The third kappa shape index (κ3) is 2.30. The molecule has 0 atom stereocenters. The fourth-order valence-electron chi connectivity index (χ4n) is 2.30. The molecule has 0 bridgehead atoms. The molecule has 0 spiro atoms. The molecule has 0 N–H and O–H groups in total. The van der Waals surface area contributed by atoms with E-state index in [-0.39, 0.29) is 0 Å². The van der Waals surface area contributed by atoms with Crippen molar-refractivity contribution in [3.05, 3.63) is 40.1 Å². The highest BCUT2D eigenvalue weighted by Gasteiger charge is 2.14. The number of halogens is 1. The molecular weight excluding hydrogens is 290 g/mol. The van der Waals surface area contributed by atoms with Crippen molar-refractivity contribution in [1.82, 2.24) is 15.0 Å². The van der Waals surface area contributed by atoms with Crippen LogP contribution in [0.1, 0.15) is 31.0 Å². The minimum absolute atomic E-state index is 0.314. The van der Waals surface area contributed by atoms with Gasteiger partial charge in [0.1, 0.15) is 5.15 Å². The monoisotopic (exact) mass is 303 g/mol. The SMILES string of the molecule is Cc1nc(-c2cnc3ccsc3c2)nc(Cl)c1C(C)C. The van der Waals surface area contributed by atoms with Gasteiger partial charge >= 0.3 is 0 Å². The molecule has 3 aromatic heterocycles. The van der Waals surface area contributed by atoms with Crippen LogP contribution >= 0.6 is 22.9 Å². The predicted molar refractivity (Wildman–Crippen MR) is 84.5 cm³/mol. The minimum atomic E-state index is 0.314. The molecule has 0 radical (unpaired) electrons. The average Bonchev–Trinajstić information content (AvgIpc) is 2.84. The number of hydrogen-bond donors (Lipinski definition) is 0. The summed E-state index contributed by atoms with van der Waals surface area (Å²) in [6.45, 7) is 6.16. The number of thiophene rings is 1. The third-order valence-electron chi connectivity index (χ3n) is 3.23. The molecule has 20 heavy (non-hydrogen) atoms. The van der Waals surface area contributed by atoms with Crippen LogP contribution in [0.2, 0.25) is 5.15 Å². The van der Waals surface area contributed by atoms with Crippen LogP contribution in [-0.2, 0) is 0 Å². The lowest BCUT2D eigenvalue weighted by molar-refractivity contribution is 0.831. The highest BCUT2D eigenvalue weighted by atomic mass is 35.5. The van der Waals surface area contributed by atoms with Crippen LogP contribution in [0.25, 0.3) is 21.6 Å². The molecule has 0 aliphatic rings. The van der Waals surface area contributed by atoms with Crippen molar-refractivity contribution in [2.75, 3.05) is 0 Å². The zero-order valence-electron chi connectivity index (χ0n) is 11.5. The van der Waals surface area contributed by atoms with Crippen LogP contribution in [0.5, 0.6) is 0 Å². The Hall–Kier alpha value is -1.52. The Morgan fingerprint density at radius 1 is 1.25 bits per heavy atom. The largest absolute Gasteiger partial charge is 0.255 e. The molecule has 0 unspecified atom stereocenters. The van der Waals surface area contributed by atoms with Crippen LogP contribution < -0.4 is 0 Å². The van der Waals surface area contributed by atoms with Gasteiger partial charge in [0.25, 0.3) is 0 Å². The number of fused-ring (bicyclic) bond motifs is 1. The van der Waals surface area contributed by atoms with Crippen LogP contribution in [0, 0.1) is 6.92 Å². The van der Waals surface area contributed by atoms with Gasteiger partial charge in [-0.1, -0.05) is 25.4 Å². The van der Waals surface area contributed by atoms with Crippen molar-refractivity contribution in [2.24, 2.45) is 0 Å². The van der Waals surface area contributed by atoms with Gasteiger partial charge in [0.05, 0.1) is 10.2 Å². The second-order valence-electron chi connectivity index (χ2n) is 5.02. The van der Waals surface area contributed by atoms with E-state index in [9.17, 15) is 0 Å². The molecule has 3 nitrogen and oxygen atoms in total. The molecule has 3 aromatic rings. The smallest absolute Gasteiger partial charge is 0.162 e. The topological polar surface area (TPSA) is 38.7 Å². The van der Waals surface area contributed by atoms with E-state index >= 15 is 0 Å². The first-order valence-corrected chi connectivity index (χ1v) is 7.69. The van der Waals surface area contributed by atoms with Crippen molar-refractivity contribution < 1.29 is 0 Å². The summed E-state index contributed by atoms with van der Waals surface area (Å²) in [5.74, 6) is 0.953. The maximum atomic E-state index is 6.31. The van der Waals surface area contributed by atoms with E-state index in [1.165, 1.54) is 0 Å². The standard InChI is InChI=1S/C15H14ClN3S/c1-8(2)13-9(3)18-15(19-14(13)16)10-6-12-11(17-7-10)4-5-20-12/h4-8H,1-3H3. The lowest BCUT2D eigenvalue weighted by atomic mass is 10.0. The van der Waals surface area contributed by atoms with E-state index < -0.39 is 0 Å². The average molecular weight is 304 g/mol. The molecule has 0 aliphatic carbocycles. The summed E-state index contributed by atoms with van der Waals surface area (Å²) in [4.78, 5) is 13.4. The van der Waals surface area contributed by atoms with E-state index in [1.54, 1.807) is 17.5 Å². The Kier molecular flexibility index (Phi) is 3.44. The van der Waals surface area contributed by atoms with Gasteiger partial charge in [-0.15, -0.1) is 11.3 Å². The molecule has 0 saturated carbocycles. The zero-order chi connectivity index (χ0) is 14.3. The van der Waals surface area contributed by atoms with Crippen LogP contribution in [0.4, 0.5) is 0 Å². The van der Waals surface area contributed by atoms with Gasteiger partial charge in [0.2, 0.25) is 0 Å². The maximum absolute atomic E-state index is 6.31. The second-order valence-corrected chi connectivity index (χ2v) is 6.33. The van der Waals surface area contributed by atoms with Crippen LogP contribution in [0.15, 0.2) is 23.7 Å². The highest BCUT2D eigenvalue weighted by molar-refractivity contribution is 7.17. The summed E-state index contributed by atoms with van der Waals surface area (Å²) in [6.07, 6.45) is 1.80. The first-order chi connectivity index (χ1) is 9.56. The Balaban J connectivity index is 2.14. The minimum Gasteiger partial charge on any atom is -0.255 e. The third-order valence-corrected chi connectivity index (χ3v) is 4.37. The molecular formula is C15H14ClN3S. The van der Waals surface area contributed by atoms with E-state index in [1.807, 2.05) is 18.4 Å². The Labute approximate surface area is 126 Å². The van der Waals surface area contributed by atoms with E-state index in [0.717, 1.165) is 27.0 Å². The first kappa shape index (κ1) is 13.5. The summed E-state index contributed by atoms with van der Waals surface area (Å²) in [6, 6.07) is 4.07. The summed E-state index contributed by atoms with van der Waals surface area (Å²) in [5, 5.41) is 2.57. The number of aromatic nitrogens is 3. The fourth-order valence-corrected chi connectivity index (χ4v) is 3.52. The zero-order valence-corrected chi connectivity index (χ0v) is 13.1. The van der Waals surface area contributed by atoms with Gasteiger partial charge in [0.15, 0.2) is 5.82 Å². The fraction of sp³-hybridized carbons (Fsp3) is 0.267. The molecule has 5 heteroatoms. The van der Waals surface area contributed by atoms with Gasteiger partial charge in [0, 0.05) is 23.0 Å². The number of hydrogen-bond acceptors (Lipinski definition) is 4. The number of pyridine rings is 1. The van der Waals surface area contributed by atoms with Gasteiger partial charge in [-0.25, -0.2) is 9.97 Å². The molecule has 0 amide bonds. The van der Waals surface area contributed by atoms with Crippen molar-refractivity contribution >= 4 is 33.2 Å². The predicted octanol–water partition coefficient (Wildman–Crippen LogP) is 4.84. The van der Waals surface area contributed by atoms with Gasteiger partial charge in [-0.05, 0) is 30.4 Å². The molecule has 0 aliphatic heterocycles. The van der Waals surface area contributed by atoms with Crippen molar-refractivity contribution in [2.45, 2.75) is 26.7 Å². The second kappa shape index (κ2) is 5.11. The van der Waals surface area contributed by atoms with E-state index in [0.29, 0.717) is 16.9 Å².